The molecule has 0 saturated carbocycles. The third-order valence-electron chi connectivity index (χ3n) is 4.08. The van der Waals surface area contributed by atoms with E-state index in [-0.39, 0.29) is 17.5 Å². The molecule has 1 atom stereocenters. The summed E-state index contributed by atoms with van der Waals surface area (Å²) in [6.45, 7) is 5.68. The van der Waals surface area contributed by atoms with E-state index in [0.717, 1.165) is 26.1 Å². The summed E-state index contributed by atoms with van der Waals surface area (Å²) in [7, 11) is 0. The van der Waals surface area contributed by atoms with Crippen molar-refractivity contribution < 1.29 is 13.9 Å². The number of hydrogen-bond acceptors (Lipinski definition) is 3. The maximum Gasteiger partial charge on any atom is 0.144 e. The zero-order chi connectivity index (χ0) is 16.1. The molecule has 0 radical (unpaired) electrons. The van der Waals surface area contributed by atoms with Crippen LogP contribution in [-0.4, -0.2) is 31.6 Å². The third-order valence-corrected chi connectivity index (χ3v) is 4.58. The molecule has 22 heavy (non-hydrogen) atoms. The first-order valence-corrected chi connectivity index (χ1v) is 8.58. The number of benzene rings is 1. The van der Waals surface area contributed by atoms with Gasteiger partial charge in [-0.2, -0.15) is 0 Å². The van der Waals surface area contributed by atoms with Crippen LogP contribution >= 0.6 is 15.9 Å². The molecule has 0 aromatic heterocycles. The zero-order valence-corrected chi connectivity index (χ0v) is 14.7. The molecule has 0 amide bonds. The Hall–Kier alpha value is -0.780. The summed E-state index contributed by atoms with van der Waals surface area (Å²) >= 11 is 3.26. The highest BCUT2D eigenvalue weighted by molar-refractivity contribution is 9.10. The van der Waals surface area contributed by atoms with E-state index >= 15 is 0 Å². The normalized spacial score (nSPS) is 17.7. The van der Waals surface area contributed by atoms with Crippen LogP contribution in [0.3, 0.4) is 0 Å². The second kappa shape index (κ2) is 8.18. The molecule has 0 bridgehead atoms. The first kappa shape index (κ1) is 17.6. The number of nitrogens with one attached hydrogen (secondary N) is 1. The van der Waals surface area contributed by atoms with E-state index in [1.54, 1.807) is 12.1 Å². The lowest BCUT2D eigenvalue weighted by Gasteiger charge is -2.26. The van der Waals surface area contributed by atoms with Gasteiger partial charge >= 0.3 is 0 Å². The van der Waals surface area contributed by atoms with Gasteiger partial charge in [0.1, 0.15) is 11.6 Å². The molecule has 1 saturated heterocycles. The van der Waals surface area contributed by atoms with Crippen LogP contribution in [0.2, 0.25) is 0 Å². The smallest absolute Gasteiger partial charge is 0.144 e. The SMILES string of the molecule is CC(C)C(=O)[C@H](CNC1CCOCC1)c1ccc(Br)cc1F. The van der Waals surface area contributed by atoms with Crippen molar-refractivity contribution >= 4 is 21.7 Å². The molecule has 1 aromatic carbocycles. The maximum absolute atomic E-state index is 14.3. The van der Waals surface area contributed by atoms with E-state index < -0.39 is 5.92 Å². The molecule has 1 aliphatic heterocycles. The van der Waals surface area contributed by atoms with Crippen molar-refractivity contribution in [2.75, 3.05) is 19.8 Å². The molecule has 2 rings (SSSR count). The highest BCUT2D eigenvalue weighted by Gasteiger charge is 2.27. The van der Waals surface area contributed by atoms with Gasteiger partial charge in [0.2, 0.25) is 0 Å². The largest absolute Gasteiger partial charge is 0.381 e. The molecule has 5 heteroatoms. The Morgan fingerprint density at radius 3 is 2.68 bits per heavy atom. The van der Waals surface area contributed by atoms with E-state index in [4.69, 9.17) is 4.74 Å². The Bertz CT molecular complexity index is 515. The van der Waals surface area contributed by atoms with Crippen LogP contribution < -0.4 is 5.32 Å². The van der Waals surface area contributed by atoms with Crippen LogP contribution in [0.25, 0.3) is 0 Å². The van der Waals surface area contributed by atoms with Crippen LogP contribution in [0.5, 0.6) is 0 Å². The predicted octanol–water partition coefficient (Wildman–Crippen LogP) is 3.67. The summed E-state index contributed by atoms with van der Waals surface area (Å²) in [5, 5.41) is 3.42. The van der Waals surface area contributed by atoms with Crippen molar-refractivity contribution in [3.8, 4) is 0 Å². The van der Waals surface area contributed by atoms with Gasteiger partial charge in [0.25, 0.3) is 0 Å². The molecule has 0 spiro atoms. The van der Waals surface area contributed by atoms with E-state index in [2.05, 4.69) is 21.2 Å². The predicted molar refractivity (Wildman–Crippen MR) is 88.5 cm³/mol. The molecule has 1 N–H and O–H groups in total. The summed E-state index contributed by atoms with van der Waals surface area (Å²) in [4.78, 5) is 12.5. The summed E-state index contributed by atoms with van der Waals surface area (Å²) in [6, 6.07) is 5.25. The highest BCUT2D eigenvalue weighted by Crippen LogP contribution is 2.26. The maximum atomic E-state index is 14.3. The lowest BCUT2D eigenvalue weighted by atomic mass is 9.88. The Morgan fingerprint density at radius 1 is 1.41 bits per heavy atom. The minimum absolute atomic E-state index is 0.0702. The monoisotopic (exact) mass is 371 g/mol. The van der Waals surface area contributed by atoms with Crippen molar-refractivity contribution in [3.05, 3.63) is 34.1 Å². The second-order valence-corrected chi connectivity index (χ2v) is 6.99. The Kier molecular flexibility index (Phi) is 6.53. The number of ketones is 1. The van der Waals surface area contributed by atoms with Crippen LogP contribution in [0.15, 0.2) is 22.7 Å². The summed E-state index contributed by atoms with van der Waals surface area (Å²) < 4.78 is 20.3. The van der Waals surface area contributed by atoms with Crippen LogP contribution in [0.4, 0.5) is 4.39 Å². The van der Waals surface area contributed by atoms with Gasteiger partial charge in [-0.3, -0.25) is 4.79 Å². The fraction of sp³-hybridized carbons (Fsp3) is 0.588. The van der Waals surface area contributed by atoms with Crippen LogP contribution in [0, 0.1) is 11.7 Å². The zero-order valence-electron chi connectivity index (χ0n) is 13.1. The van der Waals surface area contributed by atoms with Crippen molar-refractivity contribution in [1.82, 2.24) is 5.32 Å². The topological polar surface area (TPSA) is 38.3 Å². The van der Waals surface area contributed by atoms with Gasteiger partial charge in [-0.1, -0.05) is 35.8 Å². The van der Waals surface area contributed by atoms with E-state index in [0.29, 0.717) is 22.6 Å². The molecule has 1 fully saturated rings. The first-order chi connectivity index (χ1) is 10.5. The van der Waals surface area contributed by atoms with Gasteiger partial charge in [0.15, 0.2) is 0 Å². The molecule has 1 heterocycles. The minimum Gasteiger partial charge on any atom is -0.381 e. The summed E-state index contributed by atoms with van der Waals surface area (Å²) in [6.07, 6.45) is 1.87. The number of halogens is 2. The summed E-state index contributed by atoms with van der Waals surface area (Å²) in [5.74, 6) is -0.830. The number of carbonyl (C=O) groups is 1. The van der Waals surface area contributed by atoms with Gasteiger partial charge in [0, 0.05) is 36.2 Å². The molecule has 0 aliphatic carbocycles. The van der Waals surface area contributed by atoms with Crippen molar-refractivity contribution in [1.29, 1.82) is 0 Å². The van der Waals surface area contributed by atoms with E-state index in [9.17, 15) is 9.18 Å². The van der Waals surface area contributed by atoms with Crippen LogP contribution in [-0.2, 0) is 9.53 Å². The lowest BCUT2D eigenvalue weighted by molar-refractivity contribution is -0.123. The number of rotatable bonds is 6. The Morgan fingerprint density at radius 2 is 2.09 bits per heavy atom. The molecular formula is C17H23BrFNO2. The number of carbonyl (C=O) groups excluding carboxylic acids is 1. The second-order valence-electron chi connectivity index (χ2n) is 6.07. The standard InChI is InChI=1S/C17H23BrFNO2/c1-11(2)17(21)15(10-20-13-5-7-22-8-6-13)14-4-3-12(18)9-16(14)19/h3-4,9,11,13,15,20H,5-8,10H2,1-2H3/t15-/m1/s1. The molecule has 3 nitrogen and oxygen atoms in total. The molecule has 1 aliphatic rings. The van der Waals surface area contributed by atoms with Crippen LogP contribution in [0.1, 0.15) is 38.2 Å². The van der Waals surface area contributed by atoms with Gasteiger partial charge in [-0.15, -0.1) is 0 Å². The van der Waals surface area contributed by atoms with Crippen molar-refractivity contribution in [3.63, 3.8) is 0 Å². The van der Waals surface area contributed by atoms with E-state index in [1.165, 1.54) is 6.07 Å². The van der Waals surface area contributed by atoms with Gasteiger partial charge in [0.05, 0.1) is 5.92 Å². The van der Waals surface area contributed by atoms with Gasteiger partial charge in [-0.05, 0) is 30.5 Å². The fourth-order valence-electron chi connectivity index (χ4n) is 2.74. The average molecular weight is 372 g/mol. The first-order valence-electron chi connectivity index (χ1n) is 7.79. The number of hydrogen-bond donors (Lipinski definition) is 1. The third kappa shape index (κ3) is 4.61. The Labute approximate surface area is 139 Å². The van der Waals surface area contributed by atoms with Crippen molar-refractivity contribution in [2.24, 2.45) is 5.92 Å². The minimum atomic E-state index is -0.448. The fourth-order valence-corrected chi connectivity index (χ4v) is 3.07. The highest BCUT2D eigenvalue weighted by atomic mass is 79.9. The van der Waals surface area contributed by atoms with Crippen molar-refractivity contribution in [2.45, 2.75) is 38.6 Å². The number of ether oxygens (including phenoxy) is 1. The van der Waals surface area contributed by atoms with Gasteiger partial charge < -0.3 is 10.1 Å². The molecular weight excluding hydrogens is 349 g/mol. The molecule has 0 unspecified atom stereocenters. The average Bonchev–Trinajstić information content (AvgIpc) is 2.49. The Balaban J connectivity index is 2.13. The summed E-state index contributed by atoms with van der Waals surface area (Å²) in [5.41, 5.74) is 0.474. The number of Topliss-reactive ketones (excluding diaryl/α,β-unsaturated/α-hetero) is 1. The molecule has 122 valence electrons. The lowest BCUT2D eigenvalue weighted by Crippen LogP contribution is -2.39. The van der Waals surface area contributed by atoms with Gasteiger partial charge in [-0.25, -0.2) is 4.39 Å². The van der Waals surface area contributed by atoms with E-state index in [1.807, 2.05) is 13.8 Å². The molecule has 1 aromatic rings. The quantitative estimate of drug-likeness (QED) is 0.828.